The molecule has 1 aromatic carbocycles. The van der Waals surface area contributed by atoms with Crippen LogP contribution >= 0.6 is 0 Å². The molecule has 1 amide bonds. The van der Waals surface area contributed by atoms with Gasteiger partial charge in [0.2, 0.25) is 0 Å². The molecule has 4 unspecified atom stereocenters. The summed E-state index contributed by atoms with van der Waals surface area (Å²) in [5, 5.41) is 28.6. The maximum absolute atomic E-state index is 12.4. The number of amides is 1. The van der Waals surface area contributed by atoms with Gasteiger partial charge in [-0.15, -0.1) is 0 Å². The molecule has 1 aliphatic heterocycles. The maximum Gasteiger partial charge on any atom is 0.498 e. The number of hydrogen-bond donors (Lipinski definition) is 2. The van der Waals surface area contributed by atoms with E-state index in [1.165, 1.54) is 5.57 Å². The summed E-state index contributed by atoms with van der Waals surface area (Å²) < 4.78 is 14.8. The smallest absolute Gasteiger partial charge is 0.399 e. The number of carbonyl (C=O) groups is 1. The topological polar surface area (TPSA) is 121 Å². The summed E-state index contributed by atoms with van der Waals surface area (Å²) in [7, 11) is 4.93. The quantitative estimate of drug-likeness (QED) is 0.0960. The molecule has 252 valence electrons. The fourth-order valence-corrected chi connectivity index (χ4v) is 5.61. The van der Waals surface area contributed by atoms with E-state index < -0.39 is 18.3 Å². The summed E-state index contributed by atoms with van der Waals surface area (Å²) >= 11 is 0. The molecule has 0 spiro atoms. The van der Waals surface area contributed by atoms with Crippen molar-refractivity contribution in [1.29, 1.82) is 0 Å². The zero-order valence-electron chi connectivity index (χ0n) is 29.8. The second-order valence-corrected chi connectivity index (χ2v) is 12.8. The van der Waals surface area contributed by atoms with Gasteiger partial charge in [-0.1, -0.05) is 29.0 Å². The molecule has 0 radical (unpaired) electrons. The molecule has 0 bridgehead atoms. The van der Waals surface area contributed by atoms with Gasteiger partial charge in [-0.3, -0.25) is 19.5 Å². The first-order valence-corrected chi connectivity index (χ1v) is 16.1. The lowest BCUT2D eigenvalue weighted by atomic mass is 9.80. The summed E-state index contributed by atoms with van der Waals surface area (Å²) in [6, 6.07) is 7.17. The van der Waals surface area contributed by atoms with Gasteiger partial charge in [0.15, 0.2) is 0 Å². The van der Waals surface area contributed by atoms with Crippen LogP contribution in [0.1, 0.15) is 79.1 Å². The van der Waals surface area contributed by atoms with Gasteiger partial charge >= 0.3 is 7.12 Å². The van der Waals surface area contributed by atoms with Crippen LogP contribution in [-0.4, -0.2) is 95.0 Å². The SMILES string of the molecule is C/C=N\N(C(C)[C@H](C)/N=N\N(C)CCC(Nc1ccccc1C(=O)NC)/C(C)=C/C)C(C)C1(C)OB(c2cnn(C)c2)OC1(C)C. The van der Waals surface area contributed by atoms with Gasteiger partial charge in [-0.05, 0) is 80.9 Å². The van der Waals surface area contributed by atoms with Crippen LogP contribution in [0.2, 0.25) is 0 Å². The number of aromatic nitrogens is 2. The van der Waals surface area contributed by atoms with Gasteiger partial charge in [-0.2, -0.15) is 15.3 Å². The van der Waals surface area contributed by atoms with Gasteiger partial charge in [-0.25, -0.2) is 0 Å². The van der Waals surface area contributed by atoms with Crippen molar-refractivity contribution in [2.75, 3.05) is 26.0 Å². The Balaban J connectivity index is 1.69. The summed E-state index contributed by atoms with van der Waals surface area (Å²) in [5.41, 5.74) is 2.18. The van der Waals surface area contributed by atoms with Crippen LogP contribution < -0.4 is 16.1 Å². The zero-order valence-corrected chi connectivity index (χ0v) is 29.8. The highest BCUT2D eigenvalue weighted by Crippen LogP contribution is 2.42. The highest BCUT2D eigenvalue weighted by atomic mass is 16.7. The number of hydrogen-bond acceptors (Lipinski definition) is 9. The second-order valence-electron chi connectivity index (χ2n) is 12.8. The van der Waals surface area contributed by atoms with Gasteiger partial charge in [0, 0.05) is 63.5 Å². The van der Waals surface area contributed by atoms with E-state index in [0.29, 0.717) is 12.1 Å². The number of benzene rings is 1. The highest BCUT2D eigenvalue weighted by molar-refractivity contribution is 6.62. The zero-order chi connectivity index (χ0) is 34.2. The fraction of sp³-hybridized carbons (Fsp3) is 0.606. The van der Waals surface area contributed by atoms with Crippen molar-refractivity contribution in [3.8, 4) is 0 Å². The second kappa shape index (κ2) is 15.7. The number of anilines is 1. The van der Waals surface area contributed by atoms with Crippen molar-refractivity contribution in [2.45, 2.75) is 104 Å². The first-order chi connectivity index (χ1) is 21.7. The number of carbonyl (C=O) groups excluding carboxylic acids is 1. The van der Waals surface area contributed by atoms with E-state index in [1.807, 2.05) is 63.4 Å². The lowest BCUT2D eigenvalue weighted by Gasteiger charge is -2.47. The molecule has 5 atom stereocenters. The molecule has 1 fully saturated rings. The Labute approximate surface area is 275 Å². The number of nitrogens with one attached hydrogen (secondary N) is 2. The number of aryl methyl sites for hydroxylation is 1. The summed E-state index contributed by atoms with van der Waals surface area (Å²) in [6.45, 7) is 19.2. The molecule has 13 heteroatoms. The molecule has 46 heavy (non-hydrogen) atoms. The van der Waals surface area contributed by atoms with Crippen molar-refractivity contribution in [3.05, 3.63) is 53.9 Å². The molecule has 1 saturated heterocycles. The molecule has 3 rings (SSSR count). The molecular formula is C33H54BN9O3. The van der Waals surface area contributed by atoms with Gasteiger partial charge in [0.1, 0.15) is 0 Å². The van der Waals surface area contributed by atoms with E-state index in [1.54, 1.807) is 24.1 Å². The monoisotopic (exact) mass is 635 g/mol. The number of rotatable bonds is 15. The molecule has 0 aliphatic carbocycles. The molecule has 2 heterocycles. The Morgan fingerprint density at radius 1 is 1.17 bits per heavy atom. The van der Waals surface area contributed by atoms with E-state index in [9.17, 15) is 4.79 Å². The van der Waals surface area contributed by atoms with Crippen LogP contribution in [0.25, 0.3) is 0 Å². The Morgan fingerprint density at radius 2 is 1.87 bits per heavy atom. The molecule has 2 N–H and O–H groups in total. The highest BCUT2D eigenvalue weighted by Gasteiger charge is 2.59. The van der Waals surface area contributed by atoms with Crippen LogP contribution in [0, 0.1) is 0 Å². The minimum absolute atomic E-state index is 0.0215. The average Bonchev–Trinajstić information content (AvgIpc) is 3.58. The van der Waals surface area contributed by atoms with Crippen LogP contribution in [0.3, 0.4) is 0 Å². The number of nitrogens with zero attached hydrogens (tertiary/aromatic N) is 7. The van der Waals surface area contributed by atoms with Gasteiger partial charge in [0.05, 0.1) is 34.9 Å². The predicted molar refractivity (Wildman–Crippen MR) is 186 cm³/mol. The standard InChI is InChI=1S/C33H54BN9O3/c1-13-23(3)29(38-30-18-16-15-17-28(30)31(44)35-10)19-20-41(11)40-39-24(4)25(5)43(36-14-2)26(6)33(9)32(7,8)45-34(46-33)27-21-37-42(12)22-27/h13-18,21-22,24-26,29,38H,19-20H2,1-12H3,(H,35,44)/b23-13+,36-14-,40-39-/t24-,25?,26?,29?,33?/m0/s1. The molecule has 1 aromatic heterocycles. The normalized spacial score (nSPS) is 21.0. The van der Waals surface area contributed by atoms with Gasteiger partial charge < -0.3 is 19.9 Å². The lowest BCUT2D eigenvalue weighted by Crippen LogP contribution is -2.60. The minimum Gasteiger partial charge on any atom is -0.399 e. The van der Waals surface area contributed by atoms with Crippen LogP contribution in [0.5, 0.6) is 0 Å². The maximum atomic E-state index is 12.4. The molecule has 1 aliphatic rings. The van der Waals surface area contributed by atoms with E-state index >= 15 is 0 Å². The molecule has 2 aromatic rings. The predicted octanol–water partition coefficient (Wildman–Crippen LogP) is 4.67. The van der Waals surface area contributed by atoms with Crippen LogP contribution in [0.4, 0.5) is 5.69 Å². The Bertz CT molecular complexity index is 1390. The van der Waals surface area contributed by atoms with Crippen molar-refractivity contribution >= 4 is 30.4 Å². The number of para-hydroxylation sites is 1. The summed E-state index contributed by atoms with van der Waals surface area (Å²) in [5.74, 6) is -0.123. The average molecular weight is 636 g/mol. The van der Waals surface area contributed by atoms with Crippen molar-refractivity contribution in [1.82, 2.24) is 25.1 Å². The van der Waals surface area contributed by atoms with Crippen molar-refractivity contribution in [2.24, 2.45) is 22.5 Å². The van der Waals surface area contributed by atoms with E-state index in [-0.39, 0.29) is 30.1 Å². The summed E-state index contributed by atoms with van der Waals surface area (Å²) in [4.78, 5) is 12.4. The van der Waals surface area contributed by atoms with E-state index in [2.05, 4.69) is 80.5 Å². The number of allylic oxidation sites excluding steroid dienone is 1. The third kappa shape index (κ3) is 8.36. The fourth-order valence-electron chi connectivity index (χ4n) is 5.61. The lowest BCUT2D eigenvalue weighted by molar-refractivity contribution is -0.0789. The molecular weight excluding hydrogens is 581 g/mol. The van der Waals surface area contributed by atoms with Crippen LogP contribution in [-0.2, 0) is 16.4 Å². The van der Waals surface area contributed by atoms with Crippen molar-refractivity contribution in [3.63, 3.8) is 0 Å². The largest absolute Gasteiger partial charge is 0.498 e. The first-order valence-electron chi connectivity index (χ1n) is 16.1. The van der Waals surface area contributed by atoms with Gasteiger partial charge in [0.25, 0.3) is 5.91 Å². The van der Waals surface area contributed by atoms with Crippen LogP contribution in [0.15, 0.2) is 63.7 Å². The first kappa shape index (κ1) is 36.8. The third-order valence-electron chi connectivity index (χ3n) is 9.37. The Morgan fingerprint density at radius 3 is 2.48 bits per heavy atom. The molecule has 12 nitrogen and oxygen atoms in total. The Hall–Kier alpha value is -3.71. The Kier molecular flexibility index (Phi) is 12.6. The van der Waals surface area contributed by atoms with Crippen molar-refractivity contribution < 1.29 is 14.1 Å². The summed E-state index contributed by atoms with van der Waals surface area (Å²) in [6.07, 6.45) is 8.36. The van der Waals surface area contributed by atoms with E-state index in [0.717, 1.165) is 17.6 Å². The molecule has 0 saturated carbocycles. The number of hydrazone groups is 1. The third-order valence-corrected chi connectivity index (χ3v) is 9.37. The van der Waals surface area contributed by atoms with E-state index in [4.69, 9.17) is 19.5 Å². The minimum atomic E-state index is -0.689.